The fourth-order valence-corrected chi connectivity index (χ4v) is 10.6. The first-order chi connectivity index (χ1) is 23.7. The zero-order chi connectivity index (χ0) is 34.8. The summed E-state index contributed by atoms with van der Waals surface area (Å²) in [5, 5.41) is 10.9. The van der Waals surface area contributed by atoms with Gasteiger partial charge in [-0.25, -0.2) is 0 Å². The number of hydrogen-bond donors (Lipinski definition) is 1. The molecule has 0 radical (unpaired) electrons. The number of aliphatic hydroxyl groups excluding tert-OH is 1. The Morgan fingerprint density at radius 2 is 1.63 bits per heavy atom. The molecule has 6 rings (SSSR count). The van der Waals surface area contributed by atoms with Gasteiger partial charge in [0.2, 0.25) is 17.7 Å². The lowest BCUT2D eigenvalue weighted by Gasteiger charge is -2.39. The Hall–Kier alpha value is -4.34. The summed E-state index contributed by atoms with van der Waals surface area (Å²) < 4.78 is 4.20. The summed E-state index contributed by atoms with van der Waals surface area (Å²) in [5.41, 5.74) is 2.39. The summed E-state index contributed by atoms with van der Waals surface area (Å²) in [5.74, 6) is -1.38. The van der Waals surface area contributed by atoms with E-state index in [9.17, 15) is 9.90 Å². The lowest BCUT2D eigenvalue weighted by atomic mass is 9.66. The summed E-state index contributed by atoms with van der Waals surface area (Å²) in [4.78, 5) is 50.1. The molecule has 3 heterocycles. The molecular formula is C40H45N3O5S. The molecule has 3 aliphatic rings. The number of hydrogen-bond acceptors (Lipinski definition) is 6. The van der Waals surface area contributed by atoms with Crippen molar-refractivity contribution >= 4 is 35.2 Å². The van der Waals surface area contributed by atoms with E-state index in [2.05, 4.69) is 20.1 Å². The van der Waals surface area contributed by atoms with E-state index < -0.39 is 33.4 Å². The van der Waals surface area contributed by atoms with Crippen molar-refractivity contribution in [1.82, 2.24) is 9.80 Å². The molecule has 2 bridgehead atoms. The van der Waals surface area contributed by atoms with Crippen LogP contribution >= 0.6 is 11.8 Å². The van der Waals surface area contributed by atoms with E-state index in [4.69, 9.17) is 4.74 Å². The molecule has 3 fully saturated rings. The highest BCUT2D eigenvalue weighted by molar-refractivity contribution is 8.02. The molecule has 0 aliphatic carbocycles. The number of aliphatic hydroxyl groups is 1. The van der Waals surface area contributed by atoms with E-state index >= 15 is 9.59 Å². The Morgan fingerprint density at radius 1 is 0.980 bits per heavy atom. The van der Waals surface area contributed by atoms with Gasteiger partial charge in [-0.05, 0) is 62.1 Å². The number of likely N-dealkylation sites (tertiary alicyclic amines) is 1. The van der Waals surface area contributed by atoms with Crippen molar-refractivity contribution < 1.29 is 24.2 Å². The molecule has 49 heavy (non-hydrogen) atoms. The summed E-state index contributed by atoms with van der Waals surface area (Å²) in [6.45, 7) is 12.9. The van der Waals surface area contributed by atoms with Gasteiger partial charge < -0.3 is 24.5 Å². The average Bonchev–Trinajstić information content (AvgIpc) is 3.69. The second-order valence-electron chi connectivity index (χ2n) is 13.2. The van der Waals surface area contributed by atoms with Crippen LogP contribution in [0.2, 0.25) is 0 Å². The lowest BCUT2D eigenvalue weighted by molar-refractivity contribution is -0.146. The van der Waals surface area contributed by atoms with Crippen LogP contribution in [0.5, 0.6) is 5.75 Å². The molecule has 1 spiro atoms. The Morgan fingerprint density at radius 3 is 2.24 bits per heavy atom. The van der Waals surface area contributed by atoms with Crippen LogP contribution in [-0.4, -0.2) is 74.5 Å². The summed E-state index contributed by atoms with van der Waals surface area (Å²) >= 11 is 1.63. The monoisotopic (exact) mass is 679 g/mol. The second-order valence-corrected chi connectivity index (χ2v) is 15.1. The Balaban J connectivity index is 1.45. The zero-order valence-electron chi connectivity index (χ0n) is 28.2. The van der Waals surface area contributed by atoms with Gasteiger partial charge in [-0.15, -0.1) is 24.9 Å². The fourth-order valence-electron chi connectivity index (χ4n) is 8.26. The maximum Gasteiger partial charge on any atom is 0.247 e. The van der Waals surface area contributed by atoms with Crippen LogP contribution < -0.4 is 9.64 Å². The highest BCUT2D eigenvalue weighted by Crippen LogP contribution is 2.72. The van der Waals surface area contributed by atoms with E-state index in [1.165, 1.54) is 0 Å². The number of benzene rings is 3. The van der Waals surface area contributed by atoms with Gasteiger partial charge in [0.05, 0.1) is 35.8 Å². The second kappa shape index (κ2) is 14.3. The zero-order valence-corrected chi connectivity index (χ0v) is 29.1. The van der Waals surface area contributed by atoms with Crippen molar-refractivity contribution in [3.63, 3.8) is 0 Å². The molecule has 3 aromatic carbocycles. The van der Waals surface area contributed by atoms with E-state index in [0.717, 1.165) is 11.1 Å². The highest BCUT2D eigenvalue weighted by atomic mass is 32.2. The van der Waals surface area contributed by atoms with E-state index in [-0.39, 0.29) is 37.4 Å². The maximum atomic E-state index is 15.1. The van der Waals surface area contributed by atoms with Gasteiger partial charge in [-0.2, -0.15) is 0 Å². The average molecular weight is 680 g/mol. The summed E-state index contributed by atoms with van der Waals surface area (Å²) in [7, 11) is 0. The Labute approximate surface area is 293 Å². The third-order valence-electron chi connectivity index (χ3n) is 10.3. The van der Waals surface area contributed by atoms with Crippen LogP contribution in [0.25, 0.3) is 0 Å². The van der Waals surface area contributed by atoms with E-state index in [1.807, 2.05) is 91.9 Å². The molecule has 9 heteroatoms. The molecule has 0 saturated carbocycles. The third kappa shape index (κ3) is 6.08. The summed E-state index contributed by atoms with van der Waals surface area (Å²) in [6.07, 6.45) is 4.67. The van der Waals surface area contributed by atoms with Crippen molar-refractivity contribution in [2.75, 3.05) is 31.2 Å². The number of nitrogens with zero attached hydrogens (tertiary/aromatic N) is 3. The molecule has 0 aromatic heterocycles. The van der Waals surface area contributed by atoms with Crippen LogP contribution in [0.4, 0.5) is 5.69 Å². The van der Waals surface area contributed by atoms with Gasteiger partial charge in [0.25, 0.3) is 0 Å². The van der Waals surface area contributed by atoms with Crippen LogP contribution in [0, 0.1) is 11.8 Å². The maximum absolute atomic E-state index is 15.1. The molecule has 3 saturated heterocycles. The predicted molar refractivity (Wildman–Crippen MR) is 194 cm³/mol. The predicted octanol–water partition coefficient (Wildman–Crippen LogP) is 6.03. The van der Waals surface area contributed by atoms with Crippen LogP contribution in [0.3, 0.4) is 0 Å². The van der Waals surface area contributed by atoms with Gasteiger partial charge in [0, 0.05) is 30.1 Å². The number of thioether (sulfide) groups is 1. The minimum atomic E-state index is -0.894. The van der Waals surface area contributed by atoms with Crippen molar-refractivity contribution in [3.8, 4) is 5.75 Å². The van der Waals surface area contributed by atoms with Gasteiger partial charge in [0.15, 0.2) is 0 Å². The molecule has 3 aromatic rings. The molecule has 3 amide bonds. The molecule has 2 unspecified atom stereocenters. The Bertz CT molecular complexity index is 1680. The Kier molecular flexibility index (Phi) is 10.0. The van der Waals surface area contributed by atoms with Gasteiger partial charge in [-0.3, -0.25) is 14.4 Å². The standard InChI is InChI=1S/C40H45N3O5S/c1-5-24-41(26-28-14-10-8-11-15-28)38(47)35-40-23-22-39(4,49-40)33(34(40)37(46)43(35)32(27-44)29-16-12-9-13-17-29)36(45)42(25-6-2)30-18-20-31(21-19-30)48-7-3/h5-6,8-21,32-35,44H,1-2,7,22-27H2,3-4H3/t32-,33-,34+,35?,39+,40?/m1/s1. The van der Waals surface area contributed by atoms with Gasteiger partial charge in [-0.1, -0.05) is 72.8 Å². The highest BCUT2D eigenvalue weighted by Gasteiger charge is 2.78. The molecule has 256 valence electrons. The van der Waals surface area contributed by atoms with E-state index in [1.54, 1.807) is 38.6 Å². The number of anilines is 1. The number of carbonyl (C=O) groups excluding carboxylic acids is 3. The normalized spacial score (nSPS) is 25.8. The van der Waals surface area contributed by atoms with Crippen LogP contribution in [0.15, 0.2) is 110 Å². The quantitative estimate of drug-likeness (QED) is 0.209. The first-order valence-corrected chi connectivity index (χ1v) is 17.8. The van der Waals surface area contributed by atoms with Crippen molar-refractivity contribution in [3.05, 3.63) is 121 Å². The lowest BCUT2D eigenvalue weighted by Crippen LogP contribution is -2.55. The largest absolute Gasteiger partial charge is 0.494 e. The number of amides is 3. The number of fused-ring (bicyclic) bond motifs is 1. The minimum absolute atomic E-state index is 0.167. The van der Waals surface area contributed by atoms with Crippen LogP contribution in [-0.2, 0) is 20.9 Å². The minimum Gasteiger partial charge on any atom is -0.494 e. The van der Waals surface area contributed by atoms with Gasteiger partial charge >= 0.3 is 0 Å². The first kappa shape index (κ1) is 34.5. The van der Waals surface area contributed by atoms with Crippen molar-refractivity contribution in [2.24, 2.45) is 11.8 Å². The van der Waals surface area contributed by atoms with Gasteiger partial charge in [0.1, 0.15) is 11.8 Å². The number of rotatable bonds is 14. The third-order valence-corrected chi connectivity index (χ3v) is 12.3. The molecular weight excluding hydrogens is 635 g/mol. The first-order valence-electron chi connectivity index (χ1n) is 17.0. The molecule has 3 aliphatic heterocycles. The van der Waals surface area contributed by atoms with Crippen molar-refractivity contribution in [2.45, 2.75) is 54.8 Å². The molecule has 8 nitrogen and oxygen atoms in total. The molecule has 6 atom stereocenters. The van der Waals surface area contributed by atoms with Crippen molar-refractivity contribution in [1.29, 1.82) is 0 Å². The fraction of sp³-hybridized carbons (Fsp3) is 0.375. The SMILES string of the molecule is C=CCN(Cc1ccccc1)C(=O)C1N([C@H](CO)c2ccccc2)C(=O)[C@@H]2[C@H](C(=O)N(CC=C)c3ccc(OCC)cc3)[C@]3(C)CCC12S3. The van der Waals surface area contributed by atoms with E-state index in [0.29, 0.717) is 37.4 Å². The number of carbonyl (C=O) groups is 3. The number of ether oxygens (including phenoxy) is 1. The summed E-state index contributed by atoms with van der Waals surface area (Å²) in [6, 6.07) is 24.9. The topological polar surface area (TPSA) is 90.4 Å². The molecule has 1 N–H and O–H groups in total. The smallest absolute Gasteiger partial charge is 0.247 e. The van der Waals surface area contributed by atoms with Crippen LogP contribution in [0.1, 0.15) is 43.9 Å².